The smallest absolute Gasteiger partial charge is 0.245 e. The number of nitrogens with zero attached hydrogens (tertiary/aromatic N) is 2. The van der Waals surface area contributed by atoms with Gasteiger partial charge in [0.05, 0.1) is 50.4 Å². The van der Waals surface area contributed by atoms with Gasteiger partial charge in [-0.2, -0.15) is 0 Å². The molecule has 5 rings (SSSR count). The molecular formula is C27H38N4O7. The van der Waals surface area contributed by atoms with Crippen LogP contribution in [0.1, 0.15) is 26.7 Å². The Labute approximate surface area is 222 Å². The fourth-order valence-electron chi connectivity index (χ4n) is 6.54. The Hall–Kier alpha value is -2.73. The summed E-state index contributed by atoms with van der Waals surface area (Å²) in [5.41, 5.74) is -0.492. The fourth-order valence-corrected chi connectivity index (χ4v) is 6.54. The first-order valence-corrected chi connectivity index (χ1v) is 13.6. The third-order valence-electron chi connectivity index (χ3n) is 8.29. The molecule has 4 fully saturated rings. The molecular weight excluding hydrogens is 492 g/mol. The van der Waals surface area contributed by atoms with E-state index in [-0.39, 0.29) is 24.3 Å². The Balaban J connectivity index is 1.33. The van der Waals surface area contributed by atoms with Gasteiger partial charge in [-0.3, -0.25) is 19.3 Å². The lowest BCUT2D eigenvalue weighted by Crippen LogP contribution is -2.58. The van der Waals surface area contributed by atoms with Gasteiger partial charge >= 0.3 is 0 Å². The van der Waals surface area contributed by atoms with Crippen LogP contribution in [-0.2, 0) is 23.9 Å². The first-order valence-electron chi connectivity index (χ1n) is 13.6. The second kappa shape index (κ2) is 11.2. The zero-order chi connectivity index (χ0) is 26.9. The van der Waals surface area contributed by atoms with Crippen LogP contribution in [0.15, 0.2) is 24.3 Å². The van der Waals surface area contributed by atoms with E-state index in [1.165, 1.54) is 4.90 Å². The number of carbonyl (C=O) groups excluding carboxylic acids is 3. The molecule has 11 nitrogen and oxygen atoms in total. The van der Waals surface area contributed by atoms with E-state index < -0.39 is 35.6 Å². The van der Waals surface area contributed by atoms with Gasteiger partial charge in [-0.05, 0) is 51.0 Å². The van der Waals surface area contributed by atoms with Crippen molar-refractivity contribution in [2.75, 3.05) is 57.9 Å². The second-order valence-electron chi connectivity index (χ2n) is 10.5. The summed E-state index contributed by atoms with van der Waals surface area (Å²) in [4.78, 5) is 44.6. The lowest BCUT2D eigenvalue weighted by Gasteiger charge is -2.35. The minimum absolute atomic E-state index is 0.293. The van der Waals surface area contributed by atoms with Crippen molar-refractivity contribution in [3.05, 3.63) is 24.3 Å². The number of likely N-dealkylation sites (tertiary alicyclic amines) is 1. The summed E-state index contributed by atoms with van der Waals surface area (Å²) < 4.78 is 17.3. The van der Waals surface area contributed by atoms with E-state index in [9.17, 15) is 19.5 Å². The van der Waals surface area contributed by atoms with E-state index in [1.54, 1.807) is 31.2 Å². The number of ether oxygens (including phenoxy) is 3. The Morgan fingerprint density at radius 3 is 2.63 bits per heavy atom. The largest absolute Gasteiger partial charge is 0.494 e. The van der Waals surface area contributed by atoms with Crippen LogP contribution in [0.5, 0.6) is 5.75 Å². The van der Waals surface area contributed by atoms with Crippen molar-refractivity contribution in [1.82, 2.24) is 15.1 Å². The zero-order valence-corrected chi connectivity index (χ0v) is 22.1. The third kappa shape index (κ3) is 4.76. The van der Waals surface area contributed by atoms with Gasteiger partial charge in [-0.15, -0.1) is 0 Å². The summed E-state index contributed by atoms with van der Waals surface area (Å²) >= 11 is 0. The number of hydrogen-bond donors (Lipinski definition) is 3. The number of rotatable bonds is 10. The van der Waals surface area contributed by atoms with Crippen molar-refractivity contribution in [2.45, 2.75) is 50.5 Å². The predicted octanol–water partition coefficient (Wildman–Crippen LogP) is 0.228. The number of carbonyl (C=O) groups is 3. The highest BCUT2D eigenvalue weighted by atomic mass is 16.5. The summed E-state index contributed by atoms with van der Waals surface area (Å²) in [6.45, 7) is 7.95. The van der Waals surface area contributed by atoms with Crippen LogP contribution in [0.4, 0.5) is 5.69 Å². The maximum Gasteiger partial charge on any atom is 0.245 e. The number of fused-ring (bicyclic) bond motifs is 1. The summed E-state index contributed by atoms with van der Waals surface area (Å²) in [5.74, 6) is -1.72. The zero-order valence-electron chi connectivity index (χ0n) is 22.1. The lowest BCUT2D eigenvalue weighted by molar-refractivity contribution is -0.144. The highest BCUT2D eigenvalue weighted by Crippen LogP contribution is 2.58. The number of aliphatic hydroxyl groups excluding tert-OH is 1. The minimum Gasteiger partial charge on any atom is -0.494 e. The van der Waals surface area contributed by atoms with Gasteiger partial charge in [0.15, 0.2) is 0 Å². The van der Waals surface area contributed by atoms with Crippen LogP contribution in [0.3, 0.4) is 0 Å². The van der Waals surface area contributed by atoms with E-state index in [1.807, 2.05) is 6.92 Å². The summed E-state index contributed by atoms with van der Waals surface area (Å²) in [6.07, 6.45) is 0.656. The topological polar surface area (TPSA) is 130 Å². The SMILES string of the molecule is CCOc1ccc(NC(=O)[C@@H]2[C@H]3C(=O)N([C@H](C)CO)C(C(=O)NCCN4CCOCC4)C34CC[C@H]2O4)cc1. The Morgan fingerprint density at radius 1 is 1.21 bits per heavy atom. The van der Waals surface area contributed by atoms with Gasteiger partial charge in [0.1, 0.15) is 17.4 Å². The molecule has 4 heterocycles. The van der Waals surface area contributed by atoms with Crippen LogP contribution >= 0.6 is 0 Å². The molecule has 3 amide bonds. The molecule has 0 aromatic heterocycles. The molecule has 0 radical (unpaired) electrons. The van der Waals surface area contributed by atoms with E-state index >= 15 is 0 Å². The molecule has 1 spiro atoms. The van der Waals surface area contributed by atoms with Crippen molar-refractivity contribution >= 4 is 23.4 Å². The first kappa shape index (κ1) is 26.9. The van der Waals surface area contributed by atoms with Crippen molar-refractivity contribution in [3.63, 3.8) is 0 Å². The number of hydrogen-bond acceptors (Lipinski definition) is 8. The molecule has 0 aliphatic carbocycles. The average molecular weight is 531 g/mol. The summed E-state index contributed by atoms with van der Waals surface area (Å²) in [7, 11) is 0. The van der Waals surface area contributed by atoms with Gasteiger partial charge in [0, 0.05) is 31.9 Å². The summed E-state index contributed by atoms with van der Waals surface area (Å²) in [6, 6.07) is 5.58. The van der Waals surface area contributed by atoms with Crippen molar-refractivity contribution in [1.29, 1.82) is 0 Å². The molecule has 4 aliphatic rings. The number of benzene rings is 1. The van der Waals surface area contributed by atoms with Gasteiger partial charge in [0.25, 0.3) is 0 Å². The van der Waals surface area contributed by atoms with Crippen LogP contribution in [0.2, 0.25) is 0 Å². The Kier molecular flexibility index (Phi) is 7.90. The van der Waals surface area contributed by atoms with Crippen molar-refractivity contribution < 1.29 is 33.7 Å². The number of anilines is 1. The maximum atomic E-state index is 13.8. The van der Waals surface area contributed by atoms with Crippen LogP contribution in [0.25, 0.3) is 0 Å². The van der Waals surface area contributed by atoms with Crippen molar-refractivity contribution in [2.24, 2.45) is 11.8 Å². The highest BCUT2D eigenvalue weighted by Gasteiger charge is 2.74. The Bertz CT molecular complexity index is 1030. The Morgan fingerprint density at radius 2 is 1.95 bits per heavy atom. The molecule has 6 atom stereocenters. The van der Waals surface area contributed by atoms with E-state index in [0.29, 0.717) is 57.2 Å². The molecule has 11 heteroatoms. The average Bonchev–Trinajstić information content (AvgIpc) is 3.57. The van der Waals surface area contributed by atoms with Gasteiger partial charge in [-0.25, -0.2) is 0 Å². The molecule has 0 saturated carbocycles. The van der Waals surface area contributed by atoms with Gasteiger partial charge in [-0.1, -0.05) is 0 Å². The normalized spacial score (nSPS) is 31.2. The first-order chi connectivity index (χ1) is 18.4. The van der Waals surface area contributed by atoms with E-state index in [0.717, 1.165) is 13.1 Å². The van der Waals surface area contributed by atoms with Crippen LogP contribution in [0, 0.1) is 11.8 Å². The third-order valence-corrected chi connectivity index (χ3v) is 8.29. The molecule has 2 unspecified atom stereocenters. The molecule has 38 heavy (non-hydrogen) atoms. The number of amides is 3. The number of nitrogens with one attached hydrogen (secondary N) is 2. The predicted molar refractivity (Wildman–Crippen MR) is 138 cm³/mol. The standard InChI is InChI=1S/C27H38N4O7/c1-3-37-19-6-4-18(5-7-19)29-24(33)21-20-8-9-27(38-20)22(21)26(35)31(17(2)16-32)23(27)25(34)28-10-11-30-12-14-36-15-13-30/h4-7,17,20-23,32H,3,8-16H2,1-2H3,(H,28,34)(H,29,33)/t17-,20-,21+,22+,23?,27?/m1/s1. The highest BCUT2D eigenvalue weighted by molar-refractivity contribution is 6.02. The molecule has 4 saturated heterocycles. The molecule has 1 aromatic carbocycles. The quantitative estimate of drug-likeness (QED) is 0.392. The summed E-state index contributed by atoms with van der Waals surface area (Å²) in [5, 5.41) is 15.9. The molecule has 2 bridgehead atoms. The second-order valence-corrected chi connectivity index (χ2v) is 10.5. The van der Waals surface area contributed by atoms with Gasteiger partial charge < -0.3 is 34.9 Å². The lowest BCUT2D eigenvalue weighted by atomic mass is 9.70. The number of morpholine rings is 1. The maximum absolute atomic E-state index is 13.8. The van der Waals surface area contributed by atoms with E-state index in [2.05, 4.69) is 15.5 Å². The van der Waals surface area contributed by atoms with Crippen molar-refractivity contribution in [3.8, 4) is 5.75 Å². The fraction of sp³-hybridized carbons (Fsp3) is 0.667. The van der Waals surface area contributed by atoms with Crippen LogP contribution in [-0.4, -0.2) is 109 Å². The molecule has 208 valence electrons. The number of aliphatic hydroxyl groups is 1. The van der Waals surface area contributed by atoms with Gasteiger partial charge in [0.2, 0.25) is 17.7 Å². The van der Waals surface area contributed by atoms with Crippen LogP contribution < -0.4 is 15.4 Å². The minimum atomic E-state index is -1.09. The monoisotopic (exact) mass is 530 g/mol. The molecule has 3 N–H and O–H groups in total. The molecule has 4 aliphatic heterocycles. The van der Waals surface area contributed by atoms with E-state index in [4.69, 9.17) is 14.2 Å². The molecule has 1 aromatic rings.